The van der Waals surface area contributed by atoms with Gasteiger partial charge in [-0.1, -0.05) is 13.8 Å². The van der Waals surface area contributed by atoms with Gasteiger partial charge in [0, 0.05) is 87.0 Å². The maximum atomic E-state index is 16.0. The Morgan fingerprint density at radius 2 is 1.70 bits per heavy atom. The first kappa shape index (κ1) is 32.3. The van der Waals surface area contributed by atoms with Crippen molar-refractivity contribution in [1.82, 2.24) is 19.4 Å². The van der Waals surface area contributed by atoms with Crippen LogP contribution in [-0.4, -0.2) is 92.8 Å². The third kappa shape index (κ3) is 6.46. The Morgan fingerprint density at radius 1 is 1.02 bits per heavy atom. The Labute approximate surface area is 266 Å². The second kappa shape index (κ2) is 12.5. The number of sulfonamides is 1. The molecule has 2 aromatic carbocycles. The molecule has 11 nitrogen and oxygen atoms in total. The fourth-order valence-electron chi connectivity index (χ4n) is 6.35. The predicted octanol–water partition coefficient (Wildman–Crippen LogP) is 3.90. The highest BCUT2D eigenvalue weighted by atomic mass is 32.2. The van der Waals surface area contributed by atoms with Gasteiger partial charge in [-0.05, 0) is 44.2 Å². The highest BCUT2D eigenvalue weighted by molar-refractivity contribution is 7.89. The topological polar surface area (TPSA) is 123 Å². The number of hydrogen-bond donors (Lipinski definition) is 3. The number of rotatable bonds is 7. The van der Waals surface area contributed by atoms with E-state index in [1.165, 1.54) is 6.07 Å². The van der Waals surface area contributed by atoms with Crippen LogP contribution in [0.15, 0.2) is 35.2 Å². The number of ether oxygens (including phenoxy) is 1. The number of aromatic amines is 1. The van der Waals surface area contributed by atoms with E-state index in [-0.39, 0.29) is 30.5 Å². The van der Waals surface area contributed by atoms with Gasteiger partial charge < -0.3 is 25.2 Å². The van der Waals surface area contributed by atoms with Gasteiger partial charge in [0.25, 0.3) is 5.91 Å². The van der Waals surface area contributed by atoms with Gasteiger partial charge in [-0.2, -0.15) is 9.40 Å². The van der Waals surface area contributed by atoms with Crippen molar-refractivity contribution in [3.8, 4) is 0 Å². The summed E-state index contributed by atoms with van der Waals surface area (Å²) in [5, 5.41) is 13.3. The van der Waals surface area contributed by atoms with Crippen LogP contribution in [0.4, 0.5) is 30.4 Å². The molecule has 0 atom stereocenters. The van der Waals surface area contributed by atoms with E-state index in [2.05, 4.69) is 30.6 Å². The van der Waals surface area contributed by atoms with Crippen LogP contribution >= 0.6 is 0 Å². The summed E-state index contributed by atoms with van der Waals surface area (Å²) in [5.74, 6) is -3.45. The first-order valence-corrected chi connectivity index (χ1v) is 16.7. The van der Waals surface area contributed by atoms with Crippen LogP contribution in [0.5, 0.6) is 0 Å². The summed E-state index contributed by atoms with van der Waals surface area (Å²) >= 11 is 0. The maximum absolute atomic E-state index is 16.0. The minimum atomic E-state index is -4.33. The highest BCUT2D eigenvalue weighted by Crippen LogP contribution is 2.38. The third-order valence-electron chi connectivity index (χ3n) is 8.91. The Hall–Kier alpha value is -3.66. The second-order valence-corrected chi connectivity index (χ2v) is 14.8. The molecule has 3 aromatic rings. The molecule has 0 radical (unpaired) electrons. The van der Waals surface area contributed by atoms with Gasteiger partial charge in [0.15, 0.2) is 5.82 Å². The number of amides is 1. The quantitative estimate of drug-likeness (QED) is 0.349. The van der Waals surface area contributed by atoms with Crippen LogP contribution in [0.2, 0.25) is 0 Å². The van der Waals surface area contributed by atoms with Gasteiger partial charge in [0.1, 0.15) is 17.5 Å². The second-order valence-electron chi connectivity index (χ2n) is 12.8. The molecule has 2 fully saturated rings. The van der Waals surface area contributed by atoms with Crippen LogP contribution in [0, 0.1) is 17.5 Å². The van der Waals surface area contributed by atoms with Gasteiger partial charge in [-0.3, -0.25) is 9.89 Å². The van der Waals surface area contributed by atoms with E-state index < -0.39 is 43.7 Å². The average molecular weight is 662 g/mol. The molecule has 46 heavy (non-hydrogen) atoms. The summed E-state index contributed by atoms with van der Waals surface area (Å²) in [7, 11) is -2.30. The number of nitrogens with one attached hydrogen (secondary N) is 3. The van der Waals surface area contributed by atoms with Crippen LogP contribution in [0.1, 0.15) is 48.3 Å². The summed E-state index contributed by atoms with van der Waals surface area (Å²) in [6.45, 7) is 7.52. The van der Waals surface area contributed by atoms with Gasteiger partial charge in [0.05, 0.1) is 16.1 Å². The number of halogens is 3. The van der Waals surface area contributed by atoms with Gasteiger partial charge in [-0.25, -0.2) is 21.6 Å². The van der Waals surface area contributed by atoms with E-state index in [0.29, 0.717) is 54.8 Å². The number of anilines is 3. The number of aromatic nitrogens is 2. The summed E-state index contributed by atoms with van der Waals surface area (Å²) in [6.07, 6.45) is 1.39. The Kier molecular flexibility index (Phi) is 8.78. The van der Waals surface area contributed by atoms with Crippen molar-refractivity contribution in [2.45, 2.75) is 49.6 Å². The van der Waals surface area contributed by atoms with E-state index in [4.69, 9.17) is 4.74 Å². The van der Waals surface area contributed by atoms with Crippen LogP contribution in [0.3, 0.4) is 0 Å². The zero-order valence-electron chi connectivity index (χ0n) is 26.0. The molecule has 2 saturated heterocycles. The number of carbonyl (C=O) groups excluding carboxylic acids is 1. The summed E-state index contributed by atoms with van der Waals surface area (Å²) in [5.41, 5.74) is 0.985. The Balaban J connectivity index is 1.31. The fourth-order valence-corrected chi connectivity index (χ4v) is 7.96. The van der Waals surface area contributed by atoms with Crippen molar-refractivity contribution in [3.05, 3.63) is 64.6 Å². The van der Waals surface area contributed by atoms with Gasteiger partial charge >= 0.3 is 0 Å². The lowest BCUT2D eigenvalue weighted by atomic mass is 9.84. The monoisotopic (exact) mass is 661 g/mol. The lowest BCUT2D eigenvalue weighted by molar-refractivity contribution is 0.0904. The zero-order chi connectivity index (χ0) is 32.8. The predicted molar refractivity (Wildman–Crippen MR) is 167 cm³/mol. The molecular formula is C31H38F3N7O4S. The van der Waals surface area contributed by atoms with Crippen molar-refractivity contribution < 1.29 is 31.1 Å². The Morgan fingerprint density at radius 3 is 2.37 bits per heavy atom. The van der Waals surface area contributed by atoms with Crippen LogP contribution in [-0.2, 0) is 26.7 Å². The number of likely N-dealkylation sites (N-methyl/N-ethyl adjacent to an activating group) is 1. The van der Waals surface area contributed by atoms with E-state index in [0.717, 1.165) is 42.6 Å². The number of H-pyrrole nitrogens is 1. The smallest absolute Gasteiger partial charge is 0.261 e. The fraction of sp³-hybridized carbons (Fsp3) is 0.484. The molecule has 3 N–H and O–H groups in total. The number of hydrogen-bond acceptors (Lipinski definition) is 8. The minimum Gasteiger partial charge on any atom is -0.381 e. The SMILES string of the molecule is CN1CCN(c2cc(F)c(C(=O)Nc3n[nH]c4c3CN(S(=O)(=O)c3cc(F)cc(F)c3)CC4(C)C)c(NC3CCOCC3)c2)CC1. The maximum Gasteiger partial charge on any atom is 0.261 e. The molecule has 248 valence electrons. The molecule has 1 aromatic heterocycles. The number of fused-ring (bicyclic) bond motifs is 1. The molecular weight excluding hydrogens is 623 g/mol. The summed E-state index contributed by atoms with van der Waals surface area (Å²) < 4.78 is 77.5. The molecule has 3 aliphatic heterocycles. The Bertz CT molecular complexity index is 1720. The molecule has 4 heterocycles. The molecule has 0 saturated carbocycles. The molecule has 0 unspecified atom stereocenters. The first-order chi connectivity index (χ1) is 21.8. The molecule has 6 rings (SSSR count). The lowest BCUT2D eigenvalue weighted by Crippen LogP contribution is -2.45. The van der Waals surface area contributed by atoms with Crippen LogP contribution < -0.4 is 15.5 Å². The largest absolute Gasteiger partial charge is 0.381 e. The van der Waals surface area contributed by atoms with Crippen LogP contribution in [0.25, 0.3) is 0 Å². The standard InChI is InChI=1S/C31H38F3N7O4S/c1-31(2)18-41(46(43,44)23-13-19(32)12-20(33)14-23)17-24-28(31)37-38-29(24)36-30(42)27-25(34)15-22(40-8-6-39(3)7-9-40)16-26(27)35-21-4-10-45-11-5-21/h12-16,21,35H,4-11,17-18H2,1-3H3,(H2,36,37,38,42). The molecule has 15 heteroatoms. The molecule has 0 aliphatic carbocycles. The van der Waals surface area contributed by atoms with Crippen molar-refractivity contribution in [2.75, 3.05) is 68.5 Å². The number of piperazine rings is 1. The minimum absolute atomic E-state index is 0.0163. The summed E-state index contributed by atoms with van der Waals surface area (Å²) in [4.78, 5) is 17.6. The van der Waals surface area contributed by atoms with Crippen molar-refractivity contribution in [1.29, 1.82) is 0 Å². The normalized spacial score (nSPS) is 19.6. The van der Waals surface area contributed by atoms with E-state index >= 15 is 4.39 Å². The number of carbonyl (C=O) groups is 1. The van der Waals surface area contributed by atoms with Gasteiger partial charge in [0.2, 0.25) is 10.0 Å². The van der Waals surface area contributed by atoms with E-state index in [9.17, 15) is 22.0 Å². The molecule has 0 spiro atoms. The van der Waals surface area contributed by atoms with E-state index in [1.807, 2.05) is 7.05 Å². The first-order valence-electron chi connectivity index (χ1n) is 15.3. The van der Waals surface area contributed by atoms with E-state index in [1.54, 1.807) is 19.9 Å². The molecule has 0 bridgehead atoms. The van der Waals surface area contributed by atoms with Gasteiger partial charge in [-0.15, -0.1) is 0 Å². The average Bonchev–Trinajstić information content (AvgIpc) is 3.40. The summed E-state index contributed by atoms with van der Waals surface area (Å²) in [6, 6.07) is 5.27. The number of benzene rings is 2. The van der Waals surface area contributed by atoms with Crippen molar-refractivity contribution >= 4 is 33.1 Å². The zero-order valence-corrected chi connectivity index (χ0v) is 26.8. The number of nitrogens with zero attached hydrogens (tertiary/aromatic N) is 4. The highest BCUT2D eigenvalue weighted by Gasteiger charge is 2.41. The van der Waals surface area contributed by atoms with Crippen molar-refractivity contribution in [2.24, 2.45) is 0 Å². The lowest BCUT2D eigenvalue weighted by Gasteiger charge is -2.37. The van der Waals surface area contributed by atoms with Crippen molar-refractivity contribution in [3.63, 3.8) is 0 Å². The third-order valence-corrected chi connectivity index (χ3v) is 10.7. The molecule has 1 amide bonds. The molecule has 3 aliphatic rings.